The number of benzene rings is 1. The maximum Gasteiger partial charge on any atom is 0.317 e. The van der Waals surface area contributed by atoms with Crippen molar-refractivity contribution >= 4 is 6.03 Å². The highest BCUT2D eigenvalue weighted by atomic mass is 19.1. The highest BCUT2D eigenvalue weighted by Gasteiger charge is 2.11. The van der Waals surface area contributed by atoms with Gasteiger partial charge >= 0.3 is 6.03 Å². The van der Waals surface area contributed by atoms with Crippen LogP contribution in [-0.2, 0) is 24.4 Å². The fourth-order valence-electron chi connectivity index (χ4n) is 2.21. The number of hydrogen-bond donors (Lipinski definition) is 1. The third-order valence-corrected chi connectivity index (χ3v) is 3.52. The van der Waals surface area contributed by atoms with Crippen molar-refractivity contribution in [3.63, 3.8) is 0 Å². The summed E-state index contributed by atoms with van der Waals surface area (Å²) >= 11 is 0. The molecule has 0 atom stereocenters. The number of urea groups is 1. The molecule has 0 fully saturated rings. The lowest BCUT2D eigenvalue weighted by molar-refractivity contribution is 0.189. The van der Waals surface area contributed by atoms with E-state index in [2.05, 4.69) is 15.5 Å². The quantitative estimate of drug-likeness (QED) is 0.747. The number of nitrogens with zero attached hydrogens (tertiary/aromatic N) is 4. The first-order valence-corrected chi connectivity index (χ1v) is 7.69. The van der Waals surface area contributed by atoms with Crippen LogP contribution in [0.3, 0.4) is 0 Å². The van der Waals surface area contributed by atoms with Crippen LogP contribution in [0, 0.1) is 5.82 Å². The number of aromatic nitrogens is 3. The van der Waals surface area contributed by atoms with Crippen molar-refractivity contribution in [1.82, 2.24) is 25.0 Å². The molecule has 0 aliphatic carbocycles. The van der Waals surface area contributed by atoms with Crippen molar-refractivity contribution in [2.24, 2.45) is 0 Å². The zero-order valence-corrected chi connectivity index (χ0v) is 13.9. The summed E-state index contributed by atoms with van der Waals surface area (Å²) in [7, 11) is 3.34. The van der Waals surface area contributed by atoms with Crippen LogP contribution < -0.4 is 5.32 Å². The first-order valence-electron chi connectivity index (χ1n) is 7.69. The van der Waals surface area contributed by atoms with Gasteiger partial charge < -0.3 is 19.5 Å². The highest BCUT2D eigenvalue weighted by Crippen LogP contribution is 2.06. The third-order valence-electron chi connectivity index (χ3n) is 3.52. The maximum atomic E-state index is 12.9. The van der Waals surface area contributed by atoms with E-state index in [0.717, 1.165) is 18.5 Å². The molecule has 2 aromatic rings. The lowest BCUT2D eigenvalue weighted by atomic mass is 10.2. The molecule has 2 amide bonds. The molecule has 1 heterocycles. The van der Waals surface area contributed by atoms with Gasteiger partial charge in [0.1, 0.15) is 12.1 Å². The van der Waals surface area contributed by atoms with Crippen molar-refractivity contribution in [2.45, 2.75) is 26.1 Å². The van der Waals surface area contributed by atoms with Crippen LogP contribution >= 0.6 is 0 Å². The summed E-state index contributed by atoms with van der Waals surface area (Å²) in [6.45, 7) is 2.08. The first kappa shape index (κ1) is 17.9. The van der Waals surface area contributed by atoms with Gasteiger partial charge in [0, 0.05) is 33.9 Å². The van der Waals surface area contributed by atoms with E-state index in [0.29, 0.717) is 25.5 Å². The van der Waals surface area contributed by atoms with Gasteiger partial charge in [-0.15, -0.1) is 10.2 Å². The second kappa shape index (κ2) is 8.97. The van der Waals surface area contributed by atoms with E-state index < -0.39 is 0 Å². The molecule has 0 spiro atoms. The Labute approximate surface area is 140 Å². The predicted molar refractivity (Wildman–Crippen MR) is 86.6 cm³/mol. The maximum absolute atomic E-state index is 12.9. The van der Waals surface area contributed by atoms with Gasteiger partial charge in [-0.2, -0.15) is 0 Å². The molecular formula is C16H22FN5O2. The summed E-state index contributed by atoms with van der Waals surface area (Å²) in [6, 6.07) is 5.84. The number of rotatable bonds is 8. The molecule has 0 unspecified atom stereocenters. The molecule has 1 aromatic carbocycles. The van der Waals surface area contributed by atoms with Crippen molar-refractivity contribution in [2.75, 3.05) is 20.8 Å². The third kappa shape index (κ3) is 5.31. The van der Waals surface area contributed by atoms with E-state index in [1.807, 2.05) is 4.57 Å². The molecule has 8 heteroatoms. The number of nitrogens with one attached hydrogen (secondary N) is 1. The van der Waals surface area contributed by atoms with Crippen molar-refractivity contribution in [3.05, 3.63) is 47.8 Å². The molecule has 7 nitrogen and oxygen atoms in total. The van der Waals surface area contributed by atoms with Crippen LogP contribution in [-0.4, -0.2) is 46.5 Å². The number of carbonyl (C=O) groups excluding carboxylic acids is 1. The average Bonchev–Trinajstić information content (AvgIpc) is 3.02. The monoisotopic (exact) mass is 335 g/mol. The van der Waals surface area contributed by atoms with Gasteiger partial charge in [0.25, 0.3) is 0 Å². The van der Waals surface area contributed by atoms with Crippen LogP contribution in [0.15, 0.2) is 30.6 Å². The molecule has 0 bridgehead atoms. The van der Waals surface area contributed by atoms with Crippen LogP contribution in [0.4, 0.5) is 9.18 Å². The number of aryl methyl sites for hydroxylation is 1. The summed E-state index contributed by atoms with van der Waals surface area (Å²) < 4.78 is 19.8. The summed E-state index contributed by atoms with van der Waals surface area (Å²) in [4.78, 5) is 13.7. The summed E-state index contributed by atoms with van der Waals surface area (Å²) in [5, 5.41) is 10.7. The van der Waals surface area contributed by atoms with Gasteiger partial charge in [-0.25, -0.2) is 9.18 Å². The Bertz CT molecular complexity index is 644. The van der Waals surface area contributed by atoms with Gasteiger partial charge in [-0.3, -0.25) is 0 Å². The molecule has 0 saturated carbocycles. The SMILES string of the molecule is COCCCn1cnnc1CNC(=O)N(C)Cc1ccc(F)cc1. The molecule has 0 aliphatic heterocycles. The van der Waals surface area contributed by atoms with E-state index in [-0.39, 0.29) is 11.8 Å². The topological polar surface area (TPSA) is 72.3 Å². The van der Waals surface area contributed by atoms with Crippen molar-refractivity contribution in [1.29, 1.82) is 0 Å². The normalized spacial score (nSPS) is 10.6. The van der Waals surface area contributed by atoms with Crippen LogP contribution in [0.2, 0.25) is 0 Å². The minimum absolute atomic E-state index is 0.231. The Morgan fingerprint density at radius 1 is 1.38 bits per heavy atom. The number of ether oxygens (including phenoxy) is 1. The Hall–Kier alpha value is -2.48. The molecule has 2 rings (SSSR count). The predicted octanol–water partition coefficient (Wildman–Crippen LogP) is 1.80. The van der Waals surface area contributed by atoms with Crippen LogP contribution in [0.25, 0.3) is 0 Å². The Morgan fingerprint density at radius 2 is 2.12 bits per heavy atom. The van der Waals surface area contributed by atoms with E-state index in [1.54, 1.807) is 32.6 Å². The second-order valence-electron chi connectivity index (χ2n) is 5.43. The first-order chi connectivity index (χ1) is 11.6. The standard InChI is InChI=1S/C16H22FN5O2/c1-21(11-13-4-6-14(17)7-5-13)16(23)18-10-15-20-19-12-22(15)8-3-9-24-2/h4-7,12H,3,8-11H2,1-2H3,(H,18,23). The summed E-state index contributed by atoms with van der Waals surface area (Å²) in [6.07, 6.45) is 2.49. The zero-order chi connectivity index (χ0) is 17.4. The molecule has 1 N–H and O–H groups in total. The number of hydrogen-bond acceptors (Lipinski definition) is 4. The molecular weight excluding hydrogens is 313 g/mol. The van der Waals surface area contributed by atoms with Crippen LogP contribution in [0.1, 0.15) is 17.8 Å². The number of halogens is 1. The number of methoxy groups -OCH3 is 1. The summed E-state index contributed by atoms with van der Waals surface area (Å²) in [5.41, 5.74) is 0.858. The average molecular weight is 335 g/mol. The van der Waals surface area contributed by atoms with Crippen LogP contribution in [0.5, 0.6) is 0 Å². The molecule has 0 radical (unpaired) electrons. The van der Waals surface area contributed by atoms with Crippen molar-refractivity contribution in [3.8, 4) is 0 Å². The van der Waals surface area contributed by atoms with E-state index in [1.165, 1.54) is 17.0 Å². The Kier molecular flexibility index (Phi) is 6.68. The minimum Gasteiger partial charge on any atom is -0.385 e. The number of carbonyl (C=O) groups is 1. The molecule has 130 valence electrons. The lowest BCUT2D eigenvalue weighted by Crippen LogP contribution is -2.37. The molecule has 1 aromatic heterocycles. The van der Waals surface area contributed by atoms with Crippen molar-refractivity contribution < 1.29 is 13.9 Å². The second-order valence-corrected chi connectivity index (χ2v) is 5.43. The van der Waals surface area contributed by atoms with E-state index >= 15 is 0 Å². The van der Waals surface area contributed by atoms with Gasteiger partial charge in [0.2, 0.25) is 0 Å². The minimum atomic E-state index is -0.293. The van der Waals surface area contributed by atoms with Gasteiger partial charge in [-0.1, -0.05) is 12.1 Å². The molecule has 0 saturated heterocycles. The Morgan fingerprint density at radius 3 is 2.83 bits per heavy atom. The van der Waals surface area contributed by atoms with Gasteiger partial charge in [0.05, 0.1) is 6.54 Å². The molecule has 0 aliphatic rings. The largest absolute Gasteiger partial charge is 0.385 e. The van der Waals surface area contributed by atoms with E-state index in [4.69, 9.17) is 4.74 Å². The van der Waals surface area contributed by atoms with Gasteiger partial charge in [-0.05, 0) is 24.1 Å². The summed E-state index contributed by atoms with van der Waals surface area (Å²) in [5.74, 6) is 0.397. The van der Waals surface area contributed by atoms with Gasteiger partial charge in [0.15, 0.2) is 5.82 Å². The molecule has 24 heavy (non-hydrogen) atoms. The smallest absolute Gasteiger partial charge is 0.317 e. The fourth-order valence-corrected chi connectivity index (χ4v) is 2.21. The zero-order valence-electron chi connectivity index (χ0n) is 13.9. The lowest BCUT2D eigenvalue weighted by Gasteiger charge is -2.18. The highest BCUT2D eigenvalue weighted by molar-refractivity contribution is 5.73. The number of amides is 2. The van der Waals surface area contributed by atoms with E-state index in [9.17, 15) is 9.18 Å². The fraction of sp³-hybridized carbons (Fsp3) is 0.438. The Balaban J connectivity index is 1.82.